The fraction of sp³-hybridized carbons (Fsp3) is 0.417. The number of nitrogens with one attached hydrogen (secondary N) is 1. The predicted molar refractivity (Wildman–Crippen MR) is 84.2 cm³/mol. The minimum absolute atomic E-state index is 0. The van der Waals surface area contributed by atoms with Gasteiger partial charge in [-0.1, -0.05) is 0 Å². The first-order valence-electron chi connectivity index (χ1n) is 5.72. The van der Waals surface area contributed by atoms with Crippen LogP contribution in [0.2, 0.25) is 0 Å². The molecule has 1 aliphatic rings. The van der Waals surface area contributed by atoms with Crippen LogP contribution in [-0.4, -0.2) is 30.1 Å². The molecule has 1 aromatic rings. The van der Waals surface area contributed by atoms with Crippen LogP contribution in [0.1, 0.15) is 12.8 Å². The number of amides is 2. The van der Waals surface area contributed by atoms with Crippen molar-refractivity contribution in [3.8, 4) is 0 Å². The highest BCUT2D eigenvalue weighted by Gasteiger charge is 2.20. The summed E-state index contributed by atoms with van der Waals surface area (Å²) in [6.07, 6.45) is 1.99. The summed E-state index contributed by atoms with van der Waals surface area (Å²) < 4.78 is 1.15. The molecule has 3 N–H and O–H groups in total. The maximum absolute atomic E-state index is 12.0. The molecule has 1 aliphatic heterocycles. The molecule has 0 spiro atoms. The second-order valence-corrected chi connectivity index (χ2v) is 5.53. The number of benzene rings is 1. The van der Waals surface area contributed by atoms with Gasteiger partial charge < -0.3 is 16.0 Å². The highest BCUT2D eigenvalue weighted by molar-refractivity contribution is 14.1. The molecule has 100 valence electrons. The lowest BCUT2D eigenvalue weighted by atomic mass is 10.1. The summed E-state index contributed by atoms with van der Waals surface area (Å²) in [6, 6.07) is 7.82. The maximum atomic E-state index is 12.0. The zero-order valence-corrected chi connectivity index (χ0v) is 12.9. The third-order valence-corrected chi connectivity index (χ3v) is 3.56. The van der Waals surface area contributed by atoms with E-state index in [-0.39, 0.29) is 24.5 Å². The van der Waals surface area contributed by atoms with Gasteiger partial charge in [0.05, 0.1) is 0 Å². The highest BCUT2D eigenvalue weighted by Crippen LogP contribution is 2.14. The molecule has 1 unspecified atom stereocenters. The lowest BCUT2D eigenvalue weighted by molar-refractivity contribution is 0.193. The molecule has 6 heteroatoms. The van der Waals surface area contributed by atoms with E-state index in [1.165, 1.54) is 0 Å². The molecule has 0 saturated carbocycles. The Kier molecular flexibility index (Phi) is 6.17. The van der Waals surface area contributed by atoms with Crippen molar-refractivity contribution in [2.75, 3.05) is 18.4 Å². The topological polar surface area (TPSA) is 58.4 Å². The molecule has 1 fully saturated rings. The minimum atomic E-state index is -0.0543. The summed E-state index contributed by atoms with van der Waals surface area (Å²) >= 11 is 2.24. The summed E-state index contributed by atoms with van der Waals surface area (Å²) in [7, 11) is 0. The Morgan fingerprint density at radius 3 is 2.67 bits per heavy atom. The summed E-state index contributed by atoms with van der Waals surface area (Å²) in [5.74, 6) is 0. The third-order valence-electron chi connectivity index (χ3n) is 2.84. The van der Waals surface area contributed by atoms with Crippen molar-refractivity contribution in [3.63, 3.8) is 0 Å². The number of carbonyl (C=O) groups is 1. The van der Waals surface area contributed by atoms with E-state index in [1.807, 2.05) is 24.3 Å². The predicted octanol–water partition coefficient (Wildman–Crippen LogP) is 2.67. The molecule has 4 nitrogen and oxygen atoms in total. The van der Waals surface area contributed by atoms with Crippen molar-refractivity contribution in [2.24, 2.45) is 5.73 Å². The first-order valence-corrected chi connectivity index (χ1v) is 6.80. The standard InChI is InChI=1S/C12H16IN3O.ClH/c13-9-3-5-11(6-4-9)15-12(17)16-7-1-2-10(14)8-16;/h3-6,10H,1-2,7-8,14H2,(H,15,17);1H. The van der Waals surface area contributed by atoms with Gasteiger partial charge in [0.1, 0.15) is 0 Å². The van der Waals surface area contributed by atoms with Gasteiger partial charge in [-0.25, -0.2) is 4.79 Å². The zero-order valence-electron chi connectivity index (χ0n) is 9.93. The number of nitrogens with two attached hydrogens (primary N) is 1. The fourth-order valence-corrected chi connectivity index (χ4v) is 2.29. The number of hydrogen-bond donors (Lipinski definition) is 2. The molecule has 2 amide bonds. The highest BCUT2D eigenvalue weighted by atomic mass is 127. The average molecular weight is 382 g/mol. The average Bonchev–Trinajstić information content (AvgIpc) is 2.32. The van der Waals surface area contributed by atoms with Crippen LogP contribution in [-0.2, 0) is 0 Å². The molecular formula is C12H17ClIN3O. The lowest BCUT2D eigenvalue weighted by Crippen LogP contribution is -2.47. The van der Waals surface area contributed by atoms with Gasteiger partial charge in [0, 0.05) is 28.4 Å². The van der Waals surface area contributed by atoms with Gasteiger partial charge in [-0.3, -0.25) is 0 Å². The van der Waals surface area contributed by atoms with Crippen LogP contribution in [0.4, 0.5) is 10.5 Å². The number of nitrogens with zero attached hydrogens (tertiary/aromatic N) is 1. The monoisotopic (exact) mass is 381 g/mol. The number of piperidine rings is 1. The number of anilines is 1. The molecule has 0 radical (unpaired) electrons. The Morgan fingerprint density at radius 1 is 1.39 bits per heavy atom. The molecular weight excluding hydrogens is 365 g/mol. The zero-order chi connectivity index (χ0) is 12.3. The van der Waals surface area contributed by atoms with Crippen LogP contribution in [0.5, 0.6) is 0 Å². The first kappa shape index (κ1) is 15.5. The number of hydrogen-bond acceptors (Lipinski definition) is 2. The van der Waals surface area contributed by atoms with E-state index in [0.717, 1.165) is 28.6 Å². The maximum Gasteiger partial charge on any atom is 0.321 e. The van der Waals surface area contributed by atoms with E-state index in [0.29, 0.717) is 6.54 Å². The Balaban J connectivity index is 0.00000162. The van der Waals surface area contributed by atoms with Crippen LogP contribution >= 0.6 is 35.0 Å². The quantitative estimate of drug-likeness (QED) is 0.735. The molecule has 0 aromatic heterocycles. The molecule has 1 atom stereocenters. The normalized spacial score (nSPS) is 19.0. The van der Waals surface area contributed by atoms with Gasteiger partial charge in [0.15, 0.2) is 0 Å². The largest absolute Gasteiger partial charge is 0.326 e. The van der Waals surface area contributed by atoms with E-state index in [2.05, 4.69) is 27.9 Å². The molecule has 2 rings (SSSR count). The Labute approximate surface area is 127 Å². The minimum Gasteiger partial charge on any atom is -0.326 e. The van der Waals surface area contributed by atoms with Crippen molar-refractivity contribution >= 4 is 46.7 Å². The van der Waals surface area contributed by atoms with E-state index >= 15 is 0 Å². The fourth-order valence-electron chi connectivity index (χ4n) is 1.93. The van der Waals surface area contributed by atoms with Gasteiger partial charge in [-0.15, -0.1) is 12.4 Å². The van der Waals surface area contributed by atoms with E-state index in [1.54, 1.807) is 4.90 Å². The van der Waals surface area contributed by atoms with Crippen molar-refractivity contribution in [1.29, 1.82) is 0 Å². The summed E-state index contributed by atoms with van der Waals surface area (Å²) in [4.78, 5) is 13.7. The summed E-state index contributed by atoms with van der Waals surface area (Å²) in [5.41, 5.74) is 6.68. The number of urea groups is 1. The van der Waals surface area contributed by atoms with E-state index < -0.39 is 0 Å². The van der Waals surface area contributed by atoms with Crippen LogP contribution in [0.15, 0.2) is 24.3 Å². The van der Waals surface area contributed by atoms with Crippen LogP contribution in [0.3, 0.4) is 0 Å². The van der Waals surface area contributed by atoms with Gasteiger partial charge in [-0.2, -0.15) is 0 Å². The molecule has 18 heavy (non-hydrogen) atoms. The Bertz CT molecular complexity index is 399. The summed E-state index contributed by atoms with van der Waals surface area (Å²) in [5, 5.41) is 2.89. The van der Waals surface area contributed by atoms with Crippen LogP contribution in [0, 0.1) is 3.57 Å². The van der Waals surface area contributed by atoms with Gasteiger partial charge in [-0.05, 0) is 59.7 Å². The van der Waals surface area contributed by atoms with Crippen LogP contribution < -0.4 is 11.1 Å². The number of likely N-dealkylation sites (tertiary alicyclic amines) is 1. The number of carbonyl (C=O) groups excluding carboxylic acids is 1. The van der Waals surface area contributed by atoms with Gasteiger partial charge >= 0.3 is 6.03 Å². The third kappa shape index (κ3) is 4.29. The first-order chi connectivity index (χ1) is 8.15. The SMILES string of the molecule is Cl.NC1CCCN(C(=O)Nc2ccc(I)cc2)C1. The van der Waals surface area contributed by atoms with E-state index in [9.17, 15) is 4.79 Å². The Hall–Kier alpha value is -0.530. The van der Waals surface area contributed by atoms with Gasteiger partial charge in [0.25, 0.3) is 0 Å². The molecule has 1 heterocycles. The number of halogens is 2. The molecule has 1 aromatic carbocycles. The summed E-state index contributed by atoms with van der Waals surface area (Å²) in [6.45, 7) is 1.44. The van der Waals surface area contributed by atoms with Crippen molar-refractivity contribution < 1.29 is 4.79 Å². The van der Waals surface area contributed by atoms with Crippen molar-refractivity contribution in [2.45, 2.75) is 18.9 Å². The van der Waals surface area contributed by atoms with E-state index in [4.69, 9.17) is 5.73 Å². The van der Waals surface area contributed by atoms with Gasteiger partial charge in [0.2, 0.25) is 0 Å². The van der Waals surface area contributed by atoms with Crippen molar-refractivity contribution in [1.82, 2.24) is 4.90 Å². The molecule has 1 saturated heterocycles. The van der Waals surface area contributed by atoms with Crippen molar-refractivity contribution in [3.05, 3.63) is 27.8 Å². The second kappa shape index (κ2) is 7.16. The second-order valence-electron chi connectivity index (χ2n) is 4.29. The van der Waals surface area contributed by atoms with Crippen LogP contribution in [0.25, 0.3) is 0 Å². The number of rotatable bonds is 1. The molecule has 0 aliphatic carbocycles. The smallest absolute Gasteiger partial charge is 0.321 e. The molecule has 0 bridgehead atoms. The lowest BCUT2D eigenvalue weighted by Gasteiger charge is -2.30. The Morgan fingerprint density at radius 2 is 2.06 bits per heavy atom.